The van der Waals surface area contributed by atoms with Crippen LogP contribution in [0.15, 0.2) is 4.99 Å². The Morgan fingerprint density at radius 3 is 2.48 bits per heavy atom. The number of alkyl carbamates (subject to hydrolysis) is 1. The SMILES string of the molecule is C=NCCCN1[C@@H]2CC[C@H]1C[C@H](NC(=O)OC(C)(C)C)C2. The lowest BCUT2D eigenvalue weighted by Gasteiger charge is -2.39. The summed E-state index contributed by atoms with van der Waals surface area (Å²) in [6, 6.07) is 1.47. The van der Waals surface area contributed by atoms with Gasteiger partial charge in [-0.1, -0.05) is 0 Å². The number of nitrogens with one attached hydrogen (secondary N) is 1. The number of amides is 1. The lowest BCUT2D eigenvalue weighted by Crippen LogP contribution is -2.51. The maximum atomic E-state index is 11.9. The van der Waals surface area contributed by atoms with Gasteiger partial charge in [-0.2, -0.15) is 0 Å². The van der Waals surface area contributed by atoms with Crippen molar-refractivity contribution in [1.82, 2.24) is 10.2 Å². The molecule has 1 amide bonds. The molecule has 0 spiro atoms. The molecule has 2 rings (SSSR count). The van der Waals surface area contributed by atoms with Gasteiger partial charge in [0.25, 0.3) is 0 Å². The Hall–Kier alpha value is -1.10. The fraction of sp³-hybridized carbons (Fsp3) is 0.875. The standard InChI is InChI=1S/C16H29N3O2/c1-16(2,3)21-15(20)18-12-10-13-6-7-14(11-12)19(13)9-5-8-17-4/h12-14H,4-11H2,1-3H3,(H,18,20)/t12-,13-,14+. The van der Waals surface area contributed by atoms with Gasteiger partial charge in [0.1, 0.15) is 5.60 Å². The summed E-state index contributed by atoms with van der Waals surface area (Å²) in [4.78, 5) is 18.4. The summed E-state index contributed by atoms with van der Waals surface area (Å²) in [7, 11) is 0. The molecule has 2 heterocycles. The van der Waals surface area contributed by atoms with E-state index in [0.717, 1.165) is 32.4 Å². The molecule has 5 nitrogen and oxygen atoms in total. The van der Waals surface area contributed by atoms with Gasteiger partial charge in [0.05, 0.1) is 0 Å². The van der Waals surface area contributed by atoms with Gasteiger partial charge in [0, 0.05) is 31.2 Å². The number of nitrogens with zero attached hydrogens (tertiary/aromatic N) is 2. The van der Waals surface area contributed by atoms with Gasteiger partial charge in [0.15, 0.2) is 0 Å². The number of piperidine rings is 1. The molecule has 2 aliphatic heterocycles. The molecule has 0 radical (unpaired) electrons. The van der Waals surface area contributed by atoms with E-state index in [4.69, 9.17) is 4.74 Å². The van der Waals surface area contributed by atoms with Crippen LogP contribution in [0.5, 0.6) is 0 Å². The van der Waals surface area contributed by atoms with Gasteiger partial charge in [-0.3, -0.25) is 4.90 Å². The third-order valence-corrected chi connectivity index (χ3v) is 4.34. The highest BCUT2D eigenvalue weighted by Crippen LogP contribution is 2.35. The van der Waals surface area contributed by atoms with E-state index >= 15 is 0 Å². The number of ether oxygens (including phenoxy) is 1. The molecule has 2 aliphatic rings. The molecular formula is C16H29N3O2. The highest BCUT2D eigenvalue weighted by Gasteiger charge is 2.40. The van der Waals surface area contributed by atoms with E-state index in [1.165, 1.54) is 12.8 Å². The van der Waals surface area contributed by atoms with Crippen molar-refractivity contribution in [3.63, 3.8) is 0 Å². The second-order valence-electron chi connectivity index (χ2n) is 7.24. The molecule has 0 aromatic heterocycles. The first-order chi connectivity index (χ1) is 9.89. The highest BCUT2D eigenvalue weighted by atomic mass is 16.6. The summed E-state index contributed by atoms with van der Waals surface area (Å²) < 4.78 is 5.35. The molecule has 5 heteroatoms. The zero-order chi connectivity index (χ0) is 15.5. The minimum Gasteiger partial charge on any atom is -0.444 e. The van der Waals surface area contributed by atoms with E-state index < -0.39 is 5.60 Å². The lowest BCUT2D eigenvalue weighted by molar-refractivity contribution is 0.0443. The zero-order valence-corrected chi connectivity index (χ0v) is 13.6. The lowest BCUT2D eigenvalue weighted by atomic mass is 9.97. The first-order valence-corrected chi connectivity index (χ1v) is 8.07. The third-order valence-electron chi connectivity index (χ3n) is 4.34. The van der Waals surface area contributed by atoms with Gasteiger partial charge in [-0.15, -0.1) is 0 Å². The van der Waals surface area contributed by atoms with Crippen LogP contribution in [-0.2, 0) is 4.74 Å². The van der Waals surface area contributed by atoms with E-state index in [-0.39, 0.29) is 12.1 Å². The molecule has 120 valence electrons. The average Bonchev–Trinajstić information content (AvgIpc) is 2.59. The predicted molar refractivity (Wildman–Crippen MR) is 84.9 cm³/mol. The molecular weight excluding hydrogens is 266 g/mol. The summed E-state index contributed by atoms with van der Waals surface area (Å²) in [5.41, 5.74) is -0.429. The number of aliphatic imine (C=N–C) groups is 1. The van der Waals surface area contributed by atoms with Crippen molar-refractivity contribution in [2.75, 3.05) is 13.1 Å². The number of carbonyl (C=O) groups excluding carboxylic acids is 1. The van der Waals surface area contributed by atoms with Crippen LogP contribution in [0.25, 0.3) is 0 Å². The highest BCUT2D eigenvalue weighted by molar-refractivity contribution is 5.68. The van der Waals surface area contributed by atoms with Crippen LogP contribution >= 0.6 is 0 Å². The fourth-order valence-electron chi connectivity index (χ4n) is 3.60. The number of rotatable bonds is 5. The predicted octanol–water partition coefficient (Wildman–Crippen LogP) is 2.60. The maximum absolute atomic E-state index is 11.9. The van der Waals surface area contributed by atoms with E-state index in [1.807, 2.05) is 20.8 Å². The second-order valence-corrected chi connectivity index (χ2v) is 7.24. The van der Waals surface area contributed by atoms with Crippen LogP contribution < -0.4 is 5.32 Å². The molecule has 0 saturated carbocycles. The van der Waals surface area contributed by atoms with Crippen molar-refractivity contribution in [1.29, 1.82) is 0 Å². The van der Waals surface area contributed by atoms with Gasteiger partial charge in [-0.05, 0) is 59.6 Å². The number of fused-ring (bicyclic) bond motifs is 2. The van der Waals surface area contributed by atoms with E-state index in [2.05, 4.69) is 21.9 Å². The topological polar surface area (TPSA) is 53.9 Å². The van der Waals surface area contributed by atoms with Crippen molar-refractivity contribution in [3.8, 4) is 0 Å². The van der Waals surface area contributed by atoms with Gasteiger partial charge in [-0.25, -0.2) is 4.79 Å². The Morgan fingerprint density at radius 2 is 1.95 bits per heavy atom. The van der Waals surface area contributed by atoms with Crippen molar-refractivity contribution in [2.45, 2.75) is 76.6 Å². The smallest absolute Gasteiger partial charge is 0.407 e. The molecule has 2 saturated heterocycles. The first-order valence-electron chi connectivity index (χ1n) is 8.07. The van der Waals surface area contributed by atoms with Crippen LogP contribution in [0.2, 0.25) is 0 Å². The summed E-state index contributed by atoms with van der Waals surface area (Å²) in [6.45, 7) is 11.2. The van der Waals surface area contributed by atoms with Crippen molar-refractivity contribution in [2.24, 2.45) is 4.99 Å². The van der Waals surface area contributed by atoms with Gasteiger partial charge >= 0.3 is 6.09 Å². The first kappa shape index (κ1) is 16.3. The summed E-state index contributed by atoms with van der Waals surface area (Å²) >= 11 is 0. The van der Waals surface area contributed by atoms with E-state index in [9.17, 15) is 4.79 Å². The molecule has 1 N–H and O–H groups in total. The Kier molecular flexibility index (Phi) is 5.25. The second kappa shape index (κ2) is 6.77. The van der Waals surface area contributed by atoms with E-state index in [0.29, 0.717) is 12.1 Å². The molecule has 0 aromatic rings. The molecule has 0 unspecified atom stereocenters. The van der Waals surface area contributed by atoms with Gasteiger partial charge < -0.3 is 15.0 Å². The van der Waals surface area contributed by atoms with Crippen molar-refractivity contribution >= 4 is 12.8 Å². The minimum absolute atomic E-state index is 0.256. The molecule has 2 fully saturated rings. The number of carbonyl (C=O) groups is 1. The summed E-state index contributed by atoms with van der Waals surface area (Å²) in [6.07, 6.45) is 5.38. The maximum Gasteiger partial charge on any atom is 0.407 e. The average molecular weight is 295 g/mol. The molecule has 0 aromatic carbocycles. The van der Waals surface area contributed by atoms with Crippen LogP contribution in [-0.4, -0.2) is 54.5 Å². The van der Waals surface area contributed by atoms with Crippen LogP contribution in [0.3, 0.4) is 0 Å². The Balaban J connectivity index is 1.80. The Morgan fingerprint density at radius 1 is 1.33 bits per heavy atom. The van der Waals surface area contributed by atoms with Gasteiger partial charge in [0.2, 0.25) is 0 Å². The number of hydrogen-bond donors (Lipinski definition) is 1. The Bertz CT molecular complexity index is 364. The normalized spacial score (nSPS) is 29.2. The van der Waals surface area contributed by atoms with Crippen LogP contribution in [0.4, 0.5) is 4.79 Å². The van der Waals surface area contributed by atoms with Crippen LogP contribution in [0.1, 0.15) is 52.9 Å². The molecule has 0 aliphatic carbocycles. The number of hydrogen-bond acceptors (Lipinski definition) is 4. The third kappa shape index (κ3) is 4.70. The zero-order valence-electron chi connectivity index (χ0n) is 13.6. The quantitative estimate of drug-likeness (QED) is 0.626. The molecule has 21 heavy (non-hydrogen) atoms. The fourth-order valence-corrected chi connectivity index (χ4v) is 3.60. The Labute approximate surface area is 128 Å². The summed E-state index contributed by atoms with van der Waals surface area (Å²) in [5.74, 6) is 0. The minimum atomic E-state index is -0.429. The molecule has 3 atom stereocenters. The van der Waals surface area contributed by atoms with E-state index in [1.54, 1.807) is 0 Å². The summed E-state index contributed by atoms with van der Waals surface area (Å²) in [5, 5.41) is 3.05. The van der Waals surface area contributed by atoms with Crippen molar-refractivity contribution in [3.05, 3.63) is 0 Å². The molecule has 2 bridgehead atoms. The monoisotopic (exact) mass is 295 g/mol. The van der Waals surface area contributed by atoms with Crippen LogP contribution in [0, 0.1) is 0 Å². The largest absolute Gasteiger partial charge is 0.444 e. The van der Waals surface area contributed by atoms with Crippen molar-refractivity contribution < 1.29 is 9.53 Å².